The van der Waals surface area contributed by atoms with Gasteiger partial charge in [0, 0.05) is 11.6 Å². The van der Waals surface area contributed by atoms with Crippen LogP contribution in [0.3, 0.4) is 0 Å². The molecule has 1 unspecified atom stereocenters. The predicted molar refractivity (Wildman–Crippen MR) is 54.5 cm³/mol. The maximum absolute atomic E-state index is 12.7. The molecule has 0 N–H and O–H groups in total. The fraction of sp³-hybridized carbons (Fsp3) is 0.400. The summed E-state index contributed by atoms with van der Waals surface area (Å²) in [6.45, 7) is 3.81. The van der Waals surface area contributed by atoms with Crippen LogP contribution in [0.15, 0.2) is 12.1 Å². The predicted octanol–water partition coefficient (Wildman–Crippen LogP) is 3.79. The maximum atomic E-state index is 12.7. The second kappa shape index (κ2) is 8.17. The van der Waals surface area contributed by atoms with E-state index in [0.29, 0.717) is 0 Å². The molecular weight excluding hydrogens is 319 g/mol. The normalized spacial score (nSPS) is 11.4. The molecular formula is C10H11BrF2OZn. The molecule has 1 nitrogen and oxygen atoms in total. The zero-order valence-corrected chi connectivity index (χ0v) is 13.2. The van der Waals surface area contributed by atoms with Gasteiger partial charge in [-0.05, 0) is 13.3 Å². The van der Waals surface area contributed by atoms with Crippen LogP contribution in [-0.4, -0.2) is 6.10 Å². The van der Waals surface area contributed by atoms with Crippen LogP contribution in [0, 0.1) is 17.7 Å². The van der Waals surface area contributed by atoms with Gasteiger partial charge in [-0.3, -0.25) is 4.39 Å². The average molecular weight is 330 g/mol. The Kier molecular flexibility index (Phi) is 8.16. The van der Waals surface area contributed by atoms with Crippen LogP contribution >= 0.6 is 13.6 Å². The van der Waals surface area contributed by atoms with E-state index in [-0.39, 0.29) is 11.9 Å². The molecule has 0 radical (unpaired) electrons. The quantitative estimate of drug-likeness (QED) is 0.605. The Labute approximate surface area is 105 Å². The Bertz CT molecular complexity index is 297. The first-order valence-electron chi connectivity index (χ1n) is 4.43. The van der Waals surface area contributed by atoms with Crippen molar-refractivity contribution in [1.29, 1.82) is 0 Å². The summed E-state index contributed by atoms with van der Waals surface area (Å²) >= 11 is 4.25. The monoisotopic (exact) mass is 328 g/mol. The molecule has 1 aromatic rings. The van der Waals surface area contributed by atoms with Crippen LogP contribution in [0.1, 0.15) is 20.3 Å². The van der Waals surface area contributed by atoms with Crippen molar-refractivity contribution in [3.8, 4) is 5.75 Å². The molecule has 0 fully saturated rings. The molecule has 0 bridgehead atoms. The van der Waals surface area contributed by atoms with Gasteiger partial charge in [0.05, 0.1) is 11.9 Å². The number of halogens is 3. The molecule has 0 heterocycles. The van der Waals surface area contributed by atoms with Crippen LogP contribution in [0.25, 0.3) is 0 Å². The van der Waals surface area contributed by atoms with Crippen LogP contribution in [0.2, 0.25) is 0 Å². The molecule has 0 aromatic heterocycles. The van der Waals surface area contributed by atoms with E-state index in [1.165, 1.54) is 16.3 Å². The van der Waals surface area contributed by atoms with Gasteiger partial charge >= 0.3 is 30.0 Å². The Morgan fingerprint density at radius 2 is 2.07 bits per heavy atom. The molecule has 0 saturated heterocycles. The van der Waals surface area contributed by atoms with E-state index < -0.39 is 11.6 Å². The first-order chi connectivity index (χ1) is 7.13. The van der Waals surface area contributed by atoms with Gasteiger partial charge in [0.25, 0.3) is 0 Å². The Morgan fingerprint density at radius 3 is 2.53 bits per heavy atom. The fourth-order valence-corrected chi connectivity index (χ4v) is 0.797. The van der Waals surface area contributed by atoms with Gasteiger partial charge in [-0.25, -0.2) is 4.39 Å². The van der Waals surface area contributed by atoms with Gasteiger partial charge in [0.2, 0.25) is 0 Å². The third-order valence-electron chi connectivity index (χ3n) is 1.73. The Morgan fingerprint density at radius 1 is 1.47 bits per heavy atom. The number of benzene rings is 1. The molecule has 80 valence electrons. The summed E-state index contributed by atoms with van der Waals surface area (Å²) < 4.78 is 30.4. The van der Waals surface area contributed by atoms with E-state index in [2.05, 4.69) is 19.7 Å². The van der Waals surface area contributed by atoms with Gasteiger partial charge in [-0.15, -0.1) is 12.1 Å². The number of ether oxygens (including phenoxy) is 1. The summed E-state index contributed by atoms with van der Waals surface area (Å²) in [6, 6.07) is 4.44. The zero-order chi connectivity index (χ0) is 11.8. The number of hydrogen-bond acceptors (Lipinski definition) is 1. The summed E-state index contributed by atoms with van der Waals surface area (Å²) in [5, 5.41) is 0. The molecule has 1 atom stereocenters. The average Bonchev–Trinajstić information content (AvgIpc) is 2.26. The van der Waals surface area contributed by atoms with E-state index in [4.69, 9.17) is 4.74 Å². The van der Waals surface area contributed by atoms with Gasteiger partial charge in [0.15, 0.2) is 0 Å². The molecule has 5 heteroatoms. The van der Waals surface area contributed by atoms with Crippen LogP contribution in [-0.2, 0) is 16.3 Å². The summed E-state index contributed by atoms with van der Waals surface area (Å²) in [7, 11) is 0. The molecule has 15 heavy (non-hydrogen) atoms. The van der Waals surface area contributed by atoms with E-state index in [9.17, 15) is 8.78 Å². The van der Waals surface area contributed by atoms with Gasteiger partial charge in [0.1, 0.15) is 0 Å². The van der Waals surface area contributed by atoms with Crippen molar-refractivity contribution in [2.75, 3.05) is 0 Å². The summed E-state index contributed by atoms with van der Waals surface area (Å²) in [6.07, 6.45) is 0.799. The summed E-state index contributed by atoms with van der Waals surface area (Å²) in [5.74, 6) is -1.57. The summed E-state index contributed by atoms with van der Waals surface area (Å²) in [5.41, 5.74) is 0. The van der Waals surface area contributed by atoms with Crippen molar-refractivity contribution in [3.63, 3.8) is 0 Å². The number of rotatable bonds is 3. The SMILES string of the molecule is CCC(C)Oc1[c-]cc(F)c(F)c1.[Zn+][Br]. The molecule has 0 amide bonds. The molecule has 0 aliphatic rings. The Hall–Kier alpha value is -0.0166. The molecule has 0 saturated carbocycles. The van der Waals surface area contributed by atoms with E-state index >= 15 is 0 Å². The minimum atomic E-state index is -0.906. The second-order valence-corrected chi connectivity index (χ2v) is 2.83. The standard InChI is InChI=1S/C10H11F2O.BrH.Zn/c1-3-7(2)13-8-4-5-9(11)10(12)6-8;;/h5-7H,3H2,1-2H3;1H;/q-1;;+2/p-1. The summed E-state index contributed by atoms with van der Waals surface area (Å²) in [4.78, 5) is 0. The van der Waals surface area contributed by atoms with Crippen LogP contribution < -0.4 is 4.74 Å². The second-order valence-electron chi connectivity index (χ2n) is 2.83. The van der Waals surface area contributed by atoms with Gasteiger partial charge in [-0.2, -0.15) is 0 Å². The van der Waals surface area contributed by atoms with Crippen molar-refractivity contribution in [2.45, 2.75) is 26.4 Å². The van der Waals surface area contributed by atoms with Gasteiger partial charge < -0.3 is 4.74 Å². The molecule has 0 aliphatic carbocycles. The van der Waals surface area contributed by atoms with Crippen LogP contribution in [0.4, 0.5) is 8.78 Å². The zero-order valence-electron chi connectivity index (χ0n) is 8.69. The van der Waals surface area contributed by atoms with Crippen molar-refractivity contribution in [3.05, 3.63) is 29.8 Å². The first-order valence-corrected chi connectivity index (χ1v) is 11.4. The van der Waals surface area contributed by atoms with Crippen molar-refractivity contribution < 1.29 is 29.9 Å². The third-order valence-corrected chi connectivity index (χ3v) is 1.73. The molecule has 0 spiro atoms. The fourth-order valence-electron chi connectivity index (χ4n) is 0.797. The topological polar surface area (TPSA) is 9.23 Å². The van der Waals surface area contributed by atoms with Gasteiger partial charge in [-0.1, -0.05) is 13.0 Å². The molecule has 1 aromatic carbocycles. The van der Waals surface area contributed by atoms with Crippen molar-refractivity contribution in [1.82, 2.24) is 0 Å². The third kappa shape index (κ3) is 5.57. The molecule has 1 rings (SSSR count). The molecule has 0 aliphatic heterocycles. The Balaban J connectivity index is 0.000000921. The number of hydrogen-bond donors (Lipinski definition) is 0. The minimum absolute atomic E-state index is 0.0129. The van der Waals surface area contributed by atoms with Crippen molar-refractivity contribution >= 4 is 13.6 Å². The van der Waals surface area contributed by atoms with Crippen molar-refractivity contribution in [2.24, 2.45) is 0 Å². The first kappa shape index (κ1) is 15.0. The van der Waals surface area contributed by atoms with E-state index in [0.717, 1.165) is 18.6 Å². The van der Waals surface area contributed by atoms with Crippen LogP contribution in [0.5, 0.6) is 5.75 Å². The van der Waals surface area contributed by atoms with E-state index in [1.54, 1.807) is 0 Å². The van der Waals surface area contributed by atoms with E-state index in [1.807, 2.05) is 13.8 Å².